The number of aliphatic hydroxyl groups is 1. The molecule has 0 aliphatic carbocycles. The average molecular weight is 530 g/mol. The molecular formula is C28H37BrN2O3. The van der Waals surface area contributed by atoms with Gasteiger partial charge in [-0.15, -0.1) is 0 Å². The lowest BCUT2D eigenvalue weighted by atomic mass is 9.78. The van der Waals surface area contributed by atoms with Gasteiger partial charge < -0.3 is 15.1 Å². The lowest BCUT2D eigenvalue weighted by Gasteiger charge is -2.28. The molecule has 1 heterocycles. The second-order valence-corrected chi connectivity index (χ2v) is 11.8. The first kappa shape index (κ1) is 26.4. The molecule has 0 saturated carbocycles. The number of rotatable bonds is 6. The van der Waals surface area contributed by atoms with Crippen molar-refractivity contribution < 1.29 is 15.0 Å². The minimum absolute atomic E-state index is 0.000559. The topological polar surface area (TPSA) is 73.1 Å². The Kier molecular flexibility index (Phi) is 7.93. The Morgan fingerprint density at radius 2 is 1.62 bits per heavy atom. The summed E-state index contributed by atoms with van der Waals surface area (Å²) in [6, 6.07) is 13.8. The Labute approximate surface area is 212 Å². The molecule has 1 fully saturated rings. The highest BCUT2D eigenvalue weighted by atomic mass is 79.9. The number of phenolic OH excluding ortho intramolecular Hbond substituents is 1. The number of ketones is 1. The van der Waals surface area contributed by atoms with Crippen molar-refractivity contribution in [3.05, 3.63) is 64.7 Å². The third-order valence-corrected chi connectivity index (χ3v) is 7.04. The zero-order chi connectivity index (χ0) is 25.3. The number of hydrogen-bond acceptors (Lipinski definition) is 4. The molecule has 3 rings (SSSR count). The Hall–Kier alpha value is -2.18. The Bertz CT molecular complexity index is 1020. The van der Waals surface area contributed by atoms with E-state index in [-0.39, 0.29) is 47.4 Å². The van der Waals surface area contributed by atoms with Crippen LogP contribution < -0.4 is 0 Å². The van der Waals surface area contributed by atoms with Crippen LogP contribution >= 0.6 is 16.1 Å². The van der Waals surface area contributed by atoms with Crippen LogP contribution in [0.1, 0.15) is 68.6 Å². The van der Waals surface area contributed by atoms with Gasteiger partial charge in [0.25, 0.3) is 0 Å². The third kappa shape index (κ3) is 5.72. The van der Waals surface area contributed by atoms with Crippen molar-refractivity contribution in [3.8, 4) is 5.75 Å². The average Bonchev–Trinajstić information content (AvgIpc) is 3.08. The Morgan fingerprint density at radius 3 is 2.09 bits per heavy atom. The maximum Gasteiger partial charge on any atom is 0.182 e. The Balaban J connectivity index is 1.91. The van der Waals surface area contributed by atoms with Crippen LogP contribution in [0.2, 0.25) is 0 Å². The SMILES string of the molecule is CC(C)(C)c1cc(C(=O)CN2C[C@H](CO)[C@@H](Cc3ccccc3)/C2=N/Br)cc(C(C)(C)C)c1O. The van der Waals surface area contributed by atoms with E-state index in [1.807, 2.05) is 76.8 Å². The van der Waals surface area contributed by atoms with Crippen molar-refractivity contribution in [3.63, 3.8) is 0 Å². The van der Waals surface area contributed by atoms with Gasteiger partial charge in [0.1, 0.15) is 11.6 Å². The number of benzene rings is 2. The summed E-state index contributed by atoms with van der Waals surface area (Å²) in [5.74, 6) is 1.06. The largest absolute Gasteiger partial charge is 0.507 e. The smallest absolute Gasteiger partial charge is 0.182 e. The van der Waals surface area contributed by atoms with Crippen molar-refractivity contribution in [1.29, 1.82) is 0 Å². The molecule has 5 nitrogen and oxygen atoms in total. The van der Waals surface area contributed by atoms with E-state index >= 15 is 0 Å². The predicted molar refractivity (Wildman–Crippen MR) is 142 cm³/mol. The van der Waals surface area contributed by atoms with Crippen LogP contribution in [0.3, 0.4) is 0 Å². The third-order valence-electron chi connectivity index (χ3n) is 6.68. The zero-order valence-corrected chi connectivity index (χ0v) is 22.7. The van der Waals surface area contributed by atoms with Gasteiger partial charge in [-0.25, -0.2) is 0 Å². The summed E-state index contributed by atoms with van der Waals surface area (Å²) in [6.45, 7) is 13.0. The number of nitrogens with zero attached hydrogens (tertiary/aromatic N) is 2. The summed E-state index contributed by atoms with van der Waals surface area (Å²) < 4.78 is 4.37. The summed E-state index contributed by atoms with van der Waals surface area (Å²) in [5, 5.41) is 21.1. The molecule has 1 aliphatic heterocycles. The van der Waals surface area contributed by atoms with Gasteiger partial charge in [0.15, 0.2) is 5.78 Å². The van der Waals surface area contributed by atoms with Crippen LogP contribution in [0, 0.1) is 11.8 Å². The zero-order valence-electron chi connectivity index (χ0n) is 21.1. The molecular weight excluding hydrogens is 492 g/mol. The van der Waals surface area contributed by atoms with E-state index in [1.54, 1.807) is 0 Å². The molecule has 2 N–H and O–H groups in total. The minimum Gasteiger partial charge on any atom is -0.507 e. The number of halogens is 1. The molecule has 0 spiro atoms. The van der Waals surface area contributed by atoms with E-state index in [1.165, 1.54) is 5.56 Å². The van der Waals surface area contributed by atoms with Crippen molar-refractivity contribution in [2.45, 2.75) is 58.8 Å². The summed E-state index contributed by atoms with van der Waals surface area (Å²) in [5.41, 5.74) is 2.70. The molecule has 1 saturated heterocycles. The first-order valence-corrected chi connectivity index (χ1v) is 12.6. The fraction of sp³-hybridized carbons (Fsp3) is 0.500. The minimum atomic E-state index is -0.306. The van der Waals surface area contributed by atoms with Gasteiger partial charge >= 0.3 is 0 Å². The molecule has 0 radical (unpaired) electrons. The molecule has 1 aliphatic rings. The summed E-state index contributed by atoms with van der Waals surface area (Å²) >= 11 is 3.28. The van der Waals surface area contributed by atoms with E-state index in [4.69, 9.17) is 0 Å². The van der Waals surface area contributed by atoms with Crippen LogP contribution in [0.15, 0.2) is 46.5 Å². The van der Waals surface area contributed by atoms with E-state index < -0.39 is 0 Å². The maximum atomic E-state index is 13.5. The lowest BCUT2D eigenvalue weighted by Crippen LogP contribution is -2.33. The second-order valence-electron chi connectivity index (χ2n) is 11.4. The van der Waals surface area contributed by atoms with Crippen LogP contribution in [-0.2, 0) is 17.3 Å². The molecule has 2 aromatic carbocycles. The Morgan fingerprint density at radius 1 is 1.06 bits per heavy atom. The van der Waals surface area contributed by atoms with Gasteiger partial charge in [0, 0.05) is 41.7 Å². The number of aromatic hydroxyl groups is 1. The van der Waals surface area contributed by atoms with Crippen molar-refractivity contribution in [2.75, 3.05) is 19.7 Å². The van der Waals surface area contributed by atoms with Crippen LogP contribution in [0.25, 0.3) is 0 Å². The molecule has 2 atom stereocenters. The highest BCUT2D eigenvalue weighted by Gasteiger charge is 2.39. The van der Waals surface area contributed by atoms with Gasteiger partial charge in [0.05, 0.1) is 22.7 Å². The van der Waals surface area contributed by atoms with Crippen LogP contribution in [0.4, 0.5) is 0 Å². The molecule has 184 valence electrons. The molecule has 0 amide bonds. The van der Waals surface area contributed by atoms with E-state index in [2.05, 4.69) is 32.3 Å². The summed E-state index contributed by atoms with van der Waals surface area (Å²) in [6.07, 6.45) is 0.753. The predicted octanol–water partition coefficient (Wildman–Crippen LogP) is 5.66. The highest BCUT2D eigenvalue weighted by molar-refractivity contribution is 9.08. The van der Waals surface area contributed by atoms with Crippen LogP contribution in [-0.4, -0.2) is 46.4 Å². The van der Waals surface area contributed by atoms with Gasteiger partial charge in [-0.05, 0) is 34.9 Å². The fourth-order valence-corrected chi connectivity index (χ4v) is 5.21. The molecule has 0 aromatic heterocycles. The number of carbonyl (C=O) groups excluding carboxylic acids is 1. The van der Waals surface area contributed by atoms with Crippen molar-refractivity contribution >= 4 is 27.8 Å². The number of carbonyl (C=O) groups is 1. The van der Waals surface area contributed by atoms with E-state index in [0.717, 1.165) is 23.4 Å². The molecule has 2 aromatic rings. The van der Waals surface area contributed by atoms with Crippen LogP contribution in [0.5, 0.6) is 5.75 Å². The molecule has 6 heteroatoms. The standard InChI is InChI=1S/C28H37BrN2O3/c1-27(2,3)22-13-19(14-23(25(22)34)28(4,5)6)24(33)16-31-15-20(17-32)21(26(31)30-29)12-18-10-8-7-9-11-18/h7-11,13-14,20-21,32,34H,12,15-17H2,1-6H3/b30-26-/t20-,21-/m1/s1. The number of phenols is 1. The van der Waals surface area contributed by atoms with Gasteiger partial charge in [0.2, 0.25) is 0 Å². The van der Waals surface area contributed by atoms with Gasteiger partial charge in [-0.1, -0.05) is 71.9 Å². The summed E-state index contributed by atoms with van der Waals surface area (Å²) in [7, 11) is 0. The van der Waals surface area contributed by atoms with Crippen molar-refractivity contribution in [2.24, 2.45) is 15.9 Å². The van der Waals surface area contributed by atoms with E-state index in [0.29, 0.717) is 12.1 Å². The quantitative estimate of drug-likeness (QED) is 0.474. The first-order valence-electron chi connectivity index (χ1n) is 11.9. The molecule has 0 unspecified atom stereocenters. The molecule has 0 bridgehead atoms. The monoisotopic (exact) mass is 528 g/mol. The summed E-state index contributed by atoms with van der Waals surface area (Å²) in [4.78, 5) is 15.5. The van der Waals surface area contributed by atoms with Crippen molar-refractivity contribution in [1.82, 2.24) is 4.90 Å². The second kappa shape index (κ2) is 10.2. The number of aliphatic hydroxyl groups excluding tert-OH is 1. The lowest BCUT2D eigenvalue weighted by molar-refractivity contribution is 0.0959. The van der Waals surface area contributed by atoms with Gasteiger partial charge in [-0.3, -0.25) is 4.79 Å². The number of likely N-dealkylation sites (tertiary alicyclic amines) is 1. The maximum absolute atomic E-state index is 13.5. The normalized spacial score (nSPS) is 20.2. The number of hydrogen-bond donors (Lipinski definition) is 2. The van der Waals surface area contributed by atoms with E-state index in [9.17, 15) is 15.0 Å². The first-order chi connectivity index (χ1) is 15.9. The van der Waals surface area contributed by atoms with Gasteiger partial charge in [-0.2, -0.15) is 4.02 Å². The molecule has 34 heavy (non-hydrogen) atoms. The number of amidine groups is 1. The fourth-order valence-electron chi connectivity index (χ4n) is 4.73. The number of Topliss-reactive ketones (excluding diaryl/α,β-unsaturated/α-hetero) is 1. The highest BCUT2D eigenvalue weighted by Crippen LogP contribution is 2.40.